The summed E-state index contributed by atoms with van der Waals surface area (Å²) in [5.74, 6) is -1.71. The molecule has 0 radical (unpaired) electrons. The summed E-state index contributed by atoms with van der Waals surface area (Å²) in [6.07, 6.45) is 0. The molecule has 0 spiro atoms. The third-order valence-electron chi connectivity index (χ3n) is 2.22. The van der Waals surface area contributed by atoms with E-state index in [0.717, 1.165) is 16.4 Å². The van der Waals surface area contributed by atoms with Crippen LogP contribution in [0, 0.1) is 11.6 Å². The van der Waals surface area contributed by atoms with Gasteiger partial charge in [-0.2, -0.15) is 4.31 Å². The summed E-state index contributed by atoms with van der Waals surface area (Å²) in [5.41, 5.74) is 0. The molecule has 90 valence electrons. The van der Waals surface area contributed by atoms with Crippen molar-refractivity contribution in [1.82, 2.24) is 4.31 Å². The summed E-state index contributed by atoms with van der Waals surface area (Å²) in [4.78, 5) is -0.615. The van der Waals surface area contributed by atoms with Crippen molar-refractivity contribution >= 4 is 10.0 Å². The molecule has 0 N–H and O–H groups in total. The number of benzene rings is 1. The fourth-order valence-electron chi connectivity index (χ4n) is 1.38. The van der Waals surface area contributed by atoms with Crippen molar-refractivity contribution in [1.29, 1.82) is 0 Å². The minimum atomic E-state index is -3.94. The van der Waals surface area contributed by atoms with Gasteiger partial charge in [0.1, 0.15) is 16.5 Å². The zero-order valence-corrected chi connectivity index (χ0v) is 9.89. The van der Waals surface area contributed by atoms with Crippen molar-refractivity contribution in [3.8, 4) is 0 Å². The summed E-state index contributed by atoms with van der Waals surface area (Å²) < 4.78 is 51.1. The lowest BCUT2D eigenvalue weighted by Crippen LogP contribution is -2.31. The second kappa shape index (κ2) is 4.88. The molecule has 1 rings (SSSR count). The lowest BCUT2D eigenvalue weighted by Gasteiger charge is -2.18. The van der Waals surface area contributed by atoms with Crippen LogP contribution < -0.4 is 0 Å². The van der Waals surface area contributed by atoms with Crippen LogP contribution in [-0.2, 0) is 10.0 Å². The van der Waals surface area contributed by atoms with E-state index in [2.05, 4.69) is 0 Å². The van der Waals surface area contributed by atoms with E-state index in [1.165, 1.54) is 0 Å². The molecule has 0 aliphatic rings. The van der Waals surface area contributed by atoms with Gasteiger partial charge in [0.05, 0.1) is 0 Å². The fourth-order valence-corrected chi connectivity index (χ4v) is 2.91. The Balaban J connectivity index is 3.31. The van der Waals surface area contributed by atoms with Gasteiger partial charge < -0.3 is 0 Å². The Morgan fingerprint density at radius 3 is 2.25 bits per heavy atom. The van der Waals surface area contributed by atoms with Gasteiger partial charge in [-0.1, -0.05) is 13.8 Å². The number of halogens is 2. The summed E-state index contributed by atoms with van der Waals surface area (Å²) in [5, 5.41) is 0. The highest BCUT2D eigenvalue weighted by molar-refractivity contribution is 7.89. The molecule has 0 heterocycles. The first-order valence-electron chi connectivity index (χ1n) is 4.88. The molecule has 6 heteroatoms. The Kier molecular flexibility index (Phi) is 3.98. The van der Waals surface area contributed by atoms with Gasteiger partial charge in [-0.05, 0) is 18.2 Å². The van der Waals surface area contributed by atoms with E-state index in [1.54, 1.807) is 13.8 Å². The minimum absolute atomic E-state index is 0.217. The maximum Gasteiger partial charge on any atom is 0.246 e. The molecular weight excluding hydrogens is 236 g/mol. The first-order chi connectivity index (χ1) is 7.43. The Hall–Kier alpha value is -1.01. The second-order valence-electron chi connectivity index (χ2n) is 3.16. The number of hydrogen-bond acceptors (Lipinski definition) is 2. The van der Waals surface area contributed by atoms with Gasteiger partial charge in [0.25, 0.3) is 0 Å². The van der Waals surface area contributed by atoms with E-state index in [-0.39, 0.29) is 13.1 Å². The van der Waals surface area contributed by atoms with Crippen molar-refractivity contribution in [2.75, 3.05) is 13.1 Å². The molecule has 1 aromatic rings. The maximum atomic E-state index is 13.3. The van der Waals surface area contributed by atoms with Crippen LogP contribution in [0.25, 0.3) is 0 Å². The summed E-state index contributed by atoms with van der Waals surface area (Å²) in [6, 6.07) is 2.39. The predicted molar refractivity (Wildman–Crippen MR) is 56.5 cm³/mol. The van der Waals surface area contributed by atoms with Crippen LogP contribution in [0.4, 0.5) is 8.78 Å². The number of nitrogens with zero attached hydrogens (tertiary/aromatic N) is 1. The average molecular weight is 249 g/mol. The molecule has 0 unspecified atom stereocenters. The molecular formula is C10H13F2NO2S. The SMILES string of the molecule is CCN(CC)S(=O)(=O)c1cc(F)ccc1F. The molecule has 0 atom stereocenters. The summed E-state index contributed by atoms with van der Waals surface area (Å²) in [7, 11) is -3.94. The van der Waals surface area contributed by atoms with Crippen LogP contribution in [0.1, 0.15) is 13.8 Å². The van der Waals surface area contributed by atoms with Gasteiger partial charge in [-0.15, -0.1) is 0 Å². The standard InChI is InChI=1S/C10H13F2NO2S/c1-3-13(4-2)16(14,15)10-7-8(11)5-6-9(10)12/h5-7H,3-4H2,1-2H3. The number of hydrogen-bond donors (Lipinski definition) is 0. The first kappa shape index (κ1) is 13.1. The van der Waals surface area contributed by atoms with Crippen LogP contribution in [0.5, 0.6) is 0 Å². The van der Waals surface area contributed by atoms with Gasteiger partial charge >= 0.3 is 0 Å². The van der Waals surface area contributed by atoms with Crippen molar-refractivity contribution < 1.29 is 17.2 Å². The highest BCUT2D eigenvalue weighted by Crippen LogP contribution is 2.19. The lowest BCUT2D eigenvalue weighted by atomic mass is 10.3. The molecule has 3 nitrogen and oxygen atoms in total. The largest absolute Gasteiger partial charge is 0.246 e. The molecule has 0 saturated carbocycles. The van der Waals surface area contributed by atoms with Crippen LogP contribution in [-0.4, -0.2) is 25.8 Å². The molecule has 0 amide bonds. The first-order valence-corrected chi connectivity index (χ1v) is 6.32. The quantitative estimate of drug-likeness (QED) is 0.818. The Morgan fingerprint density at radius 2 is 1.75 bits per heavy atom. The van der Waals surface area contributed by atoms with E-state index < -0.39 is 26.6 Å². The van der Waals surface area contributed by atoms with Crippen LogP contribution >= 0.6 is 0 Å². The molecule has 0 aliphatic carbocycles. The Morgan fingerprint density at radius 1 is 1.19 bits per heavy atom. The van der Waals surface area contributed by atoms with E-state index in [9.17, 15) is 17.2 Å². The van der Waals surface area contributed by atoms with Gasteiger partial charge in [0.2, 0.25) is 10.0 Å². The monoisotopic (exact) mass is 249 g/mol. The molecule has 0 saturated heterocycles. The molecule has 1 aromatic carbocycles. The highest BCUT2D eigenvalue weighted by Gasteiger charge is 2.25. The fraction of sp³-hybridized carbons (Fsp3) is 0.400. The van der Waals surface area contributed by atoms with Gasteiger partial charge in [0, 0.05) is 13.1 Å². The van der Waals surface area contributed by atoms with Crippen molar-refractivity contribution in [2.45, 2.75) is 18.7 Å². The van der Waals surface area contributed by atoms with Crippen LogP contribution in [0.2, 0.25) is 0 Å². The molecule has 0 aromatic heterocycles. The molecule has 0 aliphatic heterocycles. The van der Waals surface area contributed by atoms with Gasteiger partial charge in [-0.3, -0.25) is 0 Å². The highest BCUT2D eigenvalue weighted by atomic mass is 32.2. The zero-order chi connectivity index (χ0) is 12.3. The topological polar surface area (TPSA) is 37.4 Å². The van der Waals surface area contributed by atoms with Crippen molar-refractivity contribution in [2.24, 2.45) is 0 Å². The van der Waals surface area contributed by atoms with E-state index in [1.807, 2.05) is 0 Å². The van der Waals surface area contributed by atoms with Crippen LogP contribution in [0.15, 0.2) is 23.1 Å². The van der Waals surface area contributed by atoms with Crippen LogP contribution in [0.3, 0.4) is 0 Å². The summed E-state index contributed by atoms with van der Waals surface area (Å²) >= 11 is 0. The lowest BCUT2D eigenvalue weighted by molar-refractivity contribution is 0.438. The number of sulfonamides is 1. The normalized spacial score (nSPS) is 12.1. The third kappa shape index (κ3) is 2.38. The summed E-state index contributed by atoms with van der Waals surface area (Å²) in [6.45, 7) is 3.71. The Labute approximate surface area is 93.7 Å². The minimum Gasteiger partial charge on any atom is -0.207 e. The van der Waals surface area contributed by atoms with Gasteiger partial charge in [0.15, 0.2) is 0 Å². The molecule has 0 bridgehead atoms. The number of rotatable bonds is 4. The second-order valence-corrected chi connectivity index (χ2v) is 5.07. The van der Waals surface area contributed by atoms with E-state index in [0.29, 0.717) is 6.07 Å². The Bertz CT molecular complexity index is 470. The zero-order valence-electron chi connectivity index (χ0n) is 9.07. The maximum absolute atomic E-state index is 13.3. The van der Waals surface area contributed by atoms with E-state index in [4.69, 9.17) is 0 Å². The molecule has 0 fully saturated rings. The average Bonchev–Trinajstić information content (AvgIpc) is 2.23. The smallest absolute Gasteiger partial charge is 0.207 e. The predicted octanol–water partition coefficient (Wildman–Crippen LogP) is 2.00. The van der Waals surface area contributed by atoms with Crippen molar-refractivity contribution in [3.63, 3.8) is 0 Å². The third-order valence-corrected chi connectivity index (χ3v) is 4.28. The van der Waals surface area contributed by atoms with Gasteiger partial charge in [-0.25, -0.2) is 17.2 Å². The van der Waals surface area contributed by atoms with Crippen molar-refractivity contribution in [3.05, 3.63) is 29.8 Å². The molecule has 16 heavy (non-hydrogen) atoms. The van der Waals surface area contributed by atoms with E-state index >= 15 is 0 Å².